The molecule has 0 atom stereocenters. The van der Waals surface area contributed by atoms with Crippen LogP contribution >= 0.6 is 0 Å². The van der Waals surface area contributed by atoms with Crippen LogP contribution in [-0.2, 0) is 17.9 Å². The van der Waals surface area contributed by atoms with Crippen LogP contribution in [0.5, 0.6) is 5.75 Å². The average molecular weight is 308 g/mol. The number of nitrogens with zero attached hydrogens (tertiary/aromatic N) is 2. The van der Waals surface area contributed by atoms with E-state index in [0.29, 0.717) is 5.75 Å². The lowest BCUT2D eigenvalue weighted by atomic mass is 10.2. The summed E-state index contributed by atoms with van der Waals surface area (Å²) in [6, 6.07) is 18.1. The summed E-state index contributed by atoms with van der Waals surface area (Å²) in [4.78, 5) is 15.5. The second-order valence-electron chi connectivity index (χ2n) is 5.66. The van der Waals surface area contributed by atoms with Crippen molar-refractivity contribution in [2.24, 2.45) is 0 Å². The van der Waals surface area contributed by atoms with E-state index in [1.165, 1.54) is 18.1 Å². The molecule has 118 valence electrons. The third-order valence-corrected chi connectivity index (χ3v) is 3.65. The molecule has 0 fully saturated rings. The van der Waals surface area contributed by atoms with Crippen LogP contribution in [-0.4, -0.2) is 22.4 Å². The van der Waals surface area contributed by atoms with Crippen LogP contribution in [0.15, 0.2) is 67.0 Å². The molecule has 1 aliphatic heterocycles. The van der Waals surface area contributed by atoms with E-state index in [-0.39, 0.29) is 5.97 Å². The Bertz CT molecular complexity index is 680. The normalized spacial score (nSPS) is 13.4. The molecule has 2 aromatic rings. The van der Waals surface area contributed by atoms with Crippen molar-refractivity contribution in [1.29, 1.82) is 0 Å². The quantitative estimate of drug-likeness (QED) is 0.626. The summed E-state index contributed by atoms with van der Waals surface area (Å²) < 4.78 is 5.05. The van der Waals surface area contributed by atoms with Crippen LogP contribution < -0.4 is 4.74 Å². The number of hydrogen-bond acceptors (Lipinski definition) is 4. The maximum atomic E-state index is 10.9. The molecule has 4 nitrogen and oxygen atoms in total. The molecule has 3 rings (SSSR count). The Labute approximate surface area is 136 Å². The van der Waals surface area contributed by atoms with Crippen molar-refractivity contribution in [2.75, 3.05) is 6.67 Å². The second kappa shape index (κ2) is 7.01. The van der Waals surface area contributed by atoms with E-state index in [1.54, 1.807) is 0 Å². The SMILES string of the molecule is CC(=O)Oc1ccc(CN2C=CN(Cc3ccccc3)C2)cc1. The Kier molecular flexibility index (Phi) is 4.62. The van der Waals surface area contributed by atoms with Gasteiger partial charge in [0.1, 0.15) is 5.75 Å². The highest BCUT2D eigenvalue weighted by molar-refractivity contribution is 5.69. The van der Waals surface area contributed by atoms with Gasteiger partial charge in [0.15, 0.2) is 0 Å². The minimum atomic E-state index is -0.295. The topological polar surface area (TPSA) is 32.8 Å². The fraction of sp³-hybridized carbons (Fsp3) is 0.211. The molecule has 0 saturated heterocycles. The van der Waals surface area contributed by atoms with E-state index in [9.17, 15) is 4.79 Å². The van der Waals surface area contributed by atoms with Gasteiger partial charge >= 0.3 is 5.97 Å². The number of esters is 1. The highest BCUT2D eigenvalue weighted by atomic mass is 16.5. The van der Waals surface area contributed by atoms with Crippen molar-refractivity contribution >= 4 is 5.97 Å². The lowest BCUT2D eigenvalue weighted by Gasteiger charge is -2.21. The van der Waals surface area contributed by atoms with Crippen LogP contribution in [0.4, 0.5) is 0 Å². The molecular formula is C19H20N2O2. The molecular weight excluding hydrogens is 288 g/mol. The number of rotatable bonds is 5. The lowest BCUT2D eigenvalue weighted by molar-refractivity contribution is -0.131. The van der Waals surface area contributed by atoms with Crippen molar-refractivity contribution in [3.8, 4) is 5.75 Å². The van der Waals surface area contributed by atoms with Crippen LogP contribution in [0, 0.1) is 0 Å². The predicted molar refractivity (Wildman–Crippen MR) is 89.3 cm³/mol. The number of benzene rings is 2. The molecule has 0 spiro atoms. The average Bonchev–Trinajstić information content (AvgIpc) is 2.97. The molecule has 1 heterocycles. The highest BCUT2D eigenvalue weighted by Gasteiger charge is 2.12. The van der Waals surface area contributed by atoms with Crippen LogP contribution in [0.1, 0.15) is 18.1 Å². The maximum absolute atomic E-state index is 10.9. The standard InChI is InChI=1S/C19H20N2O2/c1-16(22)23-19-9-7-18(8-10-19)14-21-12-11-20(15-21)13-17-5-3-2-4-6-17/h2-12H,13-15H2,1H3. The van der Waals surface area contributed by atoms with Crippen LogP contribution in [0.25, 0.3) is 0 Å². The van der Waals surface area contributed by atoms with Gasteiger partial charge in [0, 0.05) is 32.4 Å². The molecule has 0 aliphatic carbocycles. The van der Waals surface area contributed by atoms with Gasteiger partial charge < -0.3 is 14.5 Å². The third kappa shape index (κ3) is 4.36. The Morgan fingerprint density at radius 1 is 0.913 bits per heavy atom. The summed E-state index contributed by atoms with van der Waals surface area (Å²) in [7, 11) is 0. The summed E-state index contributed by atoms with van der Waals surface area (Å²) in [5.74, 6) is 0.292. The Morgan fingerprint density at radius 2 is 1.48 bits per heavy atom. The first-order valence-corrected chi connectivity index (χ1v) is 7.67. The number of ether oxygens (including phenoxy) is 1. The van der Waals surface area contributed by atoms with Crippen molar-refractivity contribution in [2.45, 2.75) is 20.0 Å². The summed E-state index contributed by atoms with van der Waals surface area (Å²) in [6.07, 6.45) is 4.24. The van der Waals surface area contributed by atoms with Gasteiger partial charge in [-0.3, -0.25) is 4.79 Å². The van der Waals surface area contributed by atoms with Crippen molar-refractivity contribution in [1.82, 2.24) is 9.80 Å². The van der Waals surface area contributed by atoms with Gasteiger partial charge in [0.05, 0.1) is 6.67 Å². The van der Waals surface area contributed by atoms with Crippen LogP contribution in [0.2, 0.25) is 0 Å². The minimum Gasteiger partial charge on any atom is -0.427 e. The molecule has 1 aliphatic rings. The van der Waals surface area contributed by atoms with Gasteiger partial charge in [-0.15, -0.1) is 0 Å². The number of carbonyl (C=O) groups is 1. The molecule has 4 heteroatoms. The van der Waals surface area contributed by atoms with Gasteiger partial charge in [-0.25, -0.2) is 0 Å². The zero-order valence-corrected chi connectivity index (χ0v) is 13.2. The highest BCUT2D eigenvalue weighted by Crippen LogP contribution is 2.17. The van der Waals surface area contributed by atoms with E-state index < -0.39 is 0 Å². The first kappa shape index (κ1) is 15.2. The molecule has 2 aromatic carbocycles. The molecule has 0 aromatic heterocycles. The first-order chi connectivity index (χ1) is 11.2. The van der Waals surface area contributed by atoms with Crippen molar-refractivity contribution in [3.63, 3.8) is 0 Å². The zero-order chi connectivity index (χ0) is 16.1. The Morgan fingerprint density at radius 3 is 2.04 bits per heavy atom. The van der Waals surface area contributed by atoms with Gasteiger partial charge in [-0.05, 0) is 23.3 Å². The van der Waals surface area contributed by atoms with E-state index in [1.807, 2.05) is 30.3 Å². The Hall–Kier alpha value is -2.75. The van der Waals surface area contributed by atoms with E-state index in [4.69, 9.17) is 4.74 Å². The zero-order valence-electron chi connectivity index (χ0n) is 13.2. The Balaban J connectivity index is 1.52. The molecule has 23 heavy (non-hydrogen) atoms. The summed E-state index contributed by atoms with van der Waals surface area (Å²) in [5, 5.41) is 0. The van der Waals surface area contributed by atoms with E-state index in [0.717, 1.165) is 19.8 Å². The fourth-order valence-corrected chi connectivity index (χ4v) is 2.60. The van der Waals surface area contributed by atoms with E-state index in [2.05, 4.69) is 46.5 Å². The molecule has 0 saturated carbocycles. The summed E-state index contributed by atoms with van der Waals surface area (Å²) >= 11 is 0. The summed E-state index contributed by atoms with van der Waals surface area (Å²) in [5.41, 5.74) is 2.50. The third-order valence-electron chi connectivity index (χ3n) is 3.65. The first-order valence-electron chi connectivity index (χ1n) is 7.67. The molecule has 0 N–H and O–H groups in total. The molecule has 0 bridgehead atoms. The number of hydrogen-bond donors (Lipinski definition) is 0. The maximum Gasteiger partial charge on any atom is 0.308 e. The predicted octanol–water partition coefficient (Wildman–Crippen LogP) is 3.36. The van der Waals surface area contributed by atoms with Crippen molar-refractivity contribution in [3.05, 3.63) is 78.1 Å². The fourth-order valence-electron chi connectivity index (χ4n) is 2.60. The minimum absolute atomic E-state index is 0.295. The van der Waals surface area contributed by atoms with Gasteiger partial charge in [-0.2, -0.15) is 0 Å². The smallest absolute Gasteiger partial charge is 0.308 e. The van der Waals surface area contributed by atoms with Gasteiger partial charge in [0.25, 0.3) is 0 Å². The molecule has 0 unspecified atom stereocenters. The monoisotopic (exact) mass is 308 g/mol. The van der Waals surface area contributed by atoms with Gasteiger partial charge in [-0.1, -0.05) is 42.5 Å². The van der Waals surface area contributed by atoms with Gasteiger partial charge in [0.2, 0.25) is 0 Å². The molecule has 0 radical (unpaired) electrons. The van der Waals surface area contributed by atoms with Crippen LogP contribution in [0.3, 0.4) is 0 Å². The second-order valence-corrected chi connectivity index (χ2v) is 5.66. The number of carbonyl (C=O) groups excluding carboxylic acids is 1. The van der Waals surface area contributed by atoms with Crippen molar-refractivity contribution < 1.29 is 9.53 Å². The lowest BCUT2D eigenvalue weighted by Crippen LogP contribution is -2.24. The largest absolute Gasteiger partial charge is 0.427 e. The summed E-state index contributed by atoms with van der Waals surface area (Å²) in [6.45, 7) is 4.03. The molecule has 0 amide bonds. The van der Waals surface area contributed by atoms with E-state index >= 15 is 0 Å².